The van der Waals surface area contributed by atoms with Crippen LogP contribution in [0.4, 0.5) is 24.5 Å². The lowest BCUT2D eigenvalue weighted by Crippen LogP contribution is -2.55. The van der Waals surface area contributed by atoms with E-state index in [4.69, 9.17) is 5.11 Å². The Morgan fingerprint density at radius 3 is 2.35 bits per heavy atom. The van der Waals surface area contributed by atoms with Crippen LogP contribution in [0.2, 0.25) is 0 Å². The molecule has 0 saturated carbocycles. The van der Waals surface area contributed by atoms with Gasteiger partial charge >= 0.3 is 12.1 Å². The van der Waals surface area contributed by atoms with Crippen molar-refractivity contribution in [3.05, 3.63) is 33.9 Å². The van der Waals surface area contributed by atoms with Crippen molar-refractivity contribution in [3.8, 4) is 0 Å². The normalized spacial score (nSPS) is 14.4. The number of rotatable bonds is 4. The third kappa shape index (κ3) is 2.65. The van der Waals surface area contributed by atoms with Crippen molar-refractivity contribution >= 4 is 17.3 Å². The molecule has 110 valence electrons. The molecule has 0 aromatic heterocycles. The molecule has 0 aliphatic rings. The fourth-order valence-corrected chi connectivity index (χ4v) is 1.52. The highest BCUT2D eigenvalue weighted by molar-refractivity contribution is 5.85. The summed E-state index contributed by atoms with van der Waals surface area (Å²) in [5.41, 5.74) is -4.30. The maximum atomic E-state index is 12.9. The zero-order chi connectivity index (χ0) is 15.7. The molecule has 1 rings (SSSR count). The molecule has 0 fully saturated rings. The van der Waals surface area contributed by atoms with Gasteiger partial charge in [-0.05, 0) is 19.9 Å². The summed E-state index contributed by atoms with van der Waals surface area (Å²) in [5.74, 6) is -2.18. The second-order valence-electron chi connectivity index (χ2n) is 4.28. The fraction of sp³-hybridized carbons (Fsp3) is 0.364. The van der Waals surface area contributed by atoms with Crippen LogP contribution < -0.4 is 5.32 Å². The Morgan fingerprint density at radius 2 is 1.95 bits per heavy atom. The number of aryl methyl sites for hydroxylation is 1. The summed E-state index contributed by atoms with van der Waals surface area (Å²) in [4.78, 5) is 20.9. The molecular formula is C11H11F3N2O4. The zero-order valence-corrected chi connectivity index (χ0v) is 10.5. The standard InChI is InChI=1S/C11H11F3N2O4/c1-6-4-3-5-7(8(6)16(19)20)15-10(2,9(17)18)11(12,13)14/h3-5,15H,1-2H3,(H,17,18). The second-order valence-corrected chi connectivity index (χ2v) is 4.28. The number of carboxylic acid groups (broad SMARTS) is 1. The second kappa shape index (κ2) is 4.99. The molecule has 1 aromatic carbocycles. The molecule has 0 saturated heterocycles. The van der Waals surface area contributed by atoms with Crippen LogP contribution in [-0.4, -0.2) is 27.7 Å². The number of nitro groups is 1. The summed E-state index contributed by atoms with van der Waals surface area (Å²) in [6.45, 7) is 1.75. The molecule has 1 aromatic rings. The maximum absolute atomic E-state index is 12.9. The Balaban J connectivity index is 3.38. The number of hydrogen-bond donors (Lipinski definition) is 2. The van der Waals surface area contributed by atoms with E-state index in [1.807, 2.05) is 0 Å². The molecule has 0 spiro atoms. The molecule has 0 radical (unpaired) electrons. The summed E-state index contributed by atoms with van der Waals surface area (Å²) in [7, 11) is 0. The lowest BCUT2D eigenvalue weighted by molar-refractivity contribution is -0.384. The molecule has 6 nitrogen and oxygen atoms in total. The number of hydrogen-bond acceptors (Lipinski definition) is 4. The van der Waals surface area contributed by atoms with Crippen molar-refractivity contribution in [2.45, 2.75) is 25.6 Å². The Labute approximate surface area is 111 Å². The van der Waals surface area contributed by atoms with Crippen molar-refractivity contribution in [3.63, 3.8) is 0 Å². The number of carboxylic acids is 1. The van der Waals surface area contributed by atoms with E-state index in [1.165, 1.54) is 19.1 Å². The number of para-hydroxylation sites is 1. The third-order valence-electron chi connectivity index (χ3n) is 2.80. The van der Waals surface area contributed by atoms with Crippen LogP contribution in [0.25, 0.3) is 0 Å². The van der Waals surface area contributed by atoms with Gasteiger partial charge in [-0.15, -0.1) is 0 Å². The zero-order valence-electron chi connectivity index (χ0n) is 10.5. The number of nitrogens with zero attached hydrogens (tertiary/aromatic N) is 1. The van der Waals surface area contributed by atoms with Crippen molar-refractivity contribution in [2.75, 3.05) is 5.32 Å². The van der Waals surface area contributed by atoms with Crippen LogP contribution in [0, 0.1) is 17.0 Å². The van der Waals surface area contributed by atoms with Crippen LogP contribution >= 0.6 is 0 Å². The van der Waals surface area contributed by atoms with E-state index in [2.05, 4.69) is 0 Å². The molecule has 20 heavy (non-hydrogen) atoms. The molecule has 9 heteroatoms. The molecular weight excluding hydrogens is 281 g/mol. The van der Waals surface area contributed by atoms with E-state index >= 15 is 0 Å². The smallest absolute Gasteiger partial charge is 0.422 e. The molecule has 0 aliphatic carbocycles. The lowest BCUT2D eigenvalue weighted by atomic mass is 10.0. The highest BCUT2D eigenvalue weighted by Gasteiger charge is 2.58. The Morgan fingerprint density at radius 1 is 1.40 bits per heavy atom. The third-order valence-corrected chi connectivity index (χ3v) is 2.80. The van der Waals surface area contributed by atoms with Crippen molar-refractivity contribution in [2.24, 2.45) is 0 Å². The number of alkyl halides is 3. The molecule has 1 atom stereocenters. The summed E-state index contributed by atoms with van der Waals surface area (Å²) >= 11 is 0. The molecule has 0 heterocycles. The number of carbonyl (C=O) groups is 1. The highest BCUT2D eigenvalue weighted by atomic mass is 19.4. The largest absolute Gasteiger partial charge is 0.479 e. The number of nitrogens with one attached hydrogen (secondary N) is 1. The maximum Gasteiger partial charge on any atom is 0.422 e. The van der Waals surface area contributed by atoms with E-state index in [0.717, 1.165) is 6.07 Å². The topological polar surface area (TPSA) is 92.5 Å². The molecule has 0 amide bonds. The number of nitro benzene ring substituents is 1. The van der Waals surface area contributed by atoms with Gasteiger partial charge in [-0.25, -0.2) is 4.79 Å². The van der Waals surface area contributed by atoms with Crippen molar-refractivity contribution < 1.29 is 28.0 Å². The fourth-order valence-electron chi connectivity index (χ4n) is 1.52. The number of aliphatic carboxylic acids is 1. The minimum Gasteiger partial charge on any atom is -0.479 e. The number of anilines is 1. The molecule has 1 unspecified atom stereocenters. The Kier molecular flexibility index (Phi) is 3.92. The van der Waals surface area contributed by atoms with Crippen LogP contribution in [0.3, 0.4) is 0 Å². The monoisotopic (exact) mass is 292 g/mol. The Bertz CT molecular complexity index is 559. The number of benzene rings is 1. The average molecular weight is 292 g/mol. The quantitative estimate of drug-likeness (QED) is 0.657. The van der Waals surface area contributed by atoms with Crippen molar-refractivity contribution in [1.82, 2.24) is 0 Å². The molecule has 0 aliphatic heterocycles. The summed E-state index contributed by atoms with van der Waals surface area (Å²) in [6, 6.07) is 3.66. The van der Waals surface area contributed by atoms with Crippen LogP contribution in [0.1, 0.15) is 12.5 Å². The van der Waals surface area contributed by atoms with E-state index in [-0.39, 0.29) is 5.56 Å². The van der Waals surface area contributed by atoms with Gasteiger partial charge in [0.25, 0.3) is 5.69 Å². The number of halogens is 3. The minimum absolute atomic E-state index is 0.120. The van der Waals surface area contributed by atoms with Crippen LogP contribution in [0.15, 0.2) is 18.2 Å². The van der Waals surface area contributed by atoms with E-state index in [9.17, 15) is 28.1 Å². The lowest BCUT2D eigenvalue weighted by Gasteiger charge is -2.29. The van der Waals surface area contributed by atoms with Gasteiger partial charge in [-0.2, -0.15) is 13.2 Å². The first-order chi connectivity index (χ1) is 9.00. The first-order valence-corrected chi connectivity index (χ1v) is 5.33. The van der Waals surface area contributed by atoms with E-state index in [0.29, 0.717) is 6.92 Å². The Hall–Kier alpha value is -2.32. The van der Waals surface area contributed by atoms with Gasteiger partial charge < -0.3 is 10.4 Å². The van der Waals surface area contributed by atoms with E-state index in [1.54, 1.807) is 5.32 Å². The minimum atomic E-state index is -5.13. The van der Waals surface area contributed by atoms with E-state index < -0.39 is 34.0 Å². The molecule has 2 N–H and O–H groups in total. The van der Waals surface area contributed by atoms with Gasteiger partial charge in [0.1, 0.15) is 5.69 Å². The van der Waals surface area contributed by atoms with Crippen molar-refractivity contribution in [1.29, 1.82) is 0 Å². The average Bonchev–Trinajstić information content (AvgIpc) is 2.26. The first-order valence-electron chi connectivity index (χ1n) is 5.33. The predicted molar refractivity (Wildman–Crippen MR) is 63.6 cm³/mol. The summed E-state index contributed by atoms with van der Waals surface area (Å²) in [6.07, 6.45) is -5.13. The summed E-state index contributed by atoms with van der Waals surface area (Å²) < 4.78 is 38.6. The van der Waals surface area contributed by atoms with Crippen LogP contribution in [0.5, 0.6) is 0 Å². The van der Waals surface area contributed by atoms with Gasteiger partial charge in [-0.1, -0.05) is 12.1 Å². The van der Waals surface area contributed by atoms with Gasteiger partial charge in [0.2, 0.25) is 5.54 Å². The van der Waals surface area contributed by atoms with Gasteiger partial charge in [0.15, 0.2) is 0 Å². The predicted octanol–water partition coefficient (Wildman–Crippen LogP) is 2.72. The van der Waals surface area contributed by atoms with Gasteiger partial charge in [-0.3, -0.25) is 10.1 Å². The first kappa shape index (κ1) is 15.7. The van der Waals surface area contributed by atoms with Crippen LogP contribution in [-0.2, 0) is 4.79 Å². The van der Waals surface area contributed by atoms with Gasteiger partial charge in [0, 0.05) is 5.56 Å². The molecule has 0 bridgehead atoms. The SMILES string of the molecule is Cc1cccc(NC(C)(C(=O)O)C(F)(F)F)c1[N+](=O)[O-]. The highest BCUT2D eigenvalue weighted by Crippen LogP contribution is 2.37. The van der Waals surface area contributed by atoms with Gasteiger partial charge in [0.05, 0.1) is 4.92 Å². The summed E-state index contributed by atoms with van der Waals surface area (Å²) in [5, 5.41) is 21.4.